The summed E-state index contributed by atoms with van der Waals surface area (Å²) >= 11 is 7.16. The zero-order valence-corrected chi connectivity index (χ0v) is 46.7. The van der Waals surface area contributed by atoms with E-state index in [-0.39, 0.29) is 25.9 Å². The smallest absolute Gasteiger partial charge is 0.217 e. The fourth-order valence-corrected chi connectivity index (χ4v) is 11.5. The number of nitrogens with zero attached hydrogens (tertiary/aromatic N) is 4. The maximum absolute atomic E-state index is 13.0. The summed E-state index contributed by atoms with van der Waals surface area (Å²) in [5.74, 6) is -0.231. The molecule has 0 amide bonds. The van der Waals surface area contributed by atoms with Crippen molar-refractivity contribution >= 4 is 75.2 Å². The lowest BCUT2D eigenvalue weighted by Gasteiger charge is -2.42. The third-order valence-electron chi connectivity index (χ3n) is 14.3. The molecule has 388 valence electrons. The number of hydrogen-bond donors (Lipinski definition) is 2. The molecule has 10 nitrogen and oxygen atoms in total. The highest BCUT2D eigenvalue weighted by molar-refractivity contribution is 9.10. The van der Waals surface area contributed by atoms with Crippen molar-refractivity contribution in [1.82, 2.24) is 9.97 Å². The van der Waals surface area contributed by atoms with Gasteiger partial charge in [0.05, 0.1) is 66.5 Å². The minimum atomic E-state index is -1.45. The summed E-state index contributed by atoms with van der Waals surface area (Å²) in [5, 5.41) is 57.6. The highest BCUT2D eigenvalue weighted by Crippen LogP contribution is 2.51. The number of quaternary nitrogens is 2. The Balaban J connectivity index is 0.000000186. The molecule has 0 aliphatic heterocycles. The molecule has 2 heterocycles. The van der Waals surface area contributed by atoms with E-state index in [4.69, 9.17) is 19.4 Å². The lowest BCUT2D eigenvalue weighted by atomic mass is 9.70. The predicted octanol–water partition coefficient (Wildman–Crippen LogP) is 14.3. The molecule has 0 aliphatic rings. The number of aliphatic hydroxyl groups is 2. The van der Waals surface area contributed by atoms with Crippen molar-refractivity contribution in [2.75, 3.05) is 55.5 Å². The van der Waals surface area contributed by atoms with Crippen molar-refractivity contribution in [3.63, 3.8) is 0 Å². The van der Waals surface area contributed by atoms with Crippen LogP contribution in [0.5, 0.6) is 11.8 Å². The largest absolute Gasteiger partial charge is 0.633 e. The number of hydroxylamine groups is 6. The van der Waals surface area contributed by atoms with E-state index in [1.807, 2.05) is 182 Å². The summed E-state index contributed by atoms with van der Waals surface area (Å²) in [7, 11) is 9.64. The van der Waals surface area contributed by atoms with Gasteiger partial charge in [-0.25, -0.2) is 9.97 Å². The van der Waals surface area contributed by atoms with E-state index >= 15 is 0 Å². The van der Waals surface area contributed by atoms with Gasteiger partial charge in [-0.1, -0.05) is 177 Å². The van der Waals surface area contributed by atoms with Crippen LogP contribution in [0.15, 0.2) is 203 Å². The molecule has 10 aromatic rings. The summed E-state index contributed by atoms with van der Waals surface area (Å²) in [6.07, 6.45) is 0.466. The number of aromatic nitrogens is 2. The van der Waals surface area contributed by atoms with E-state index in [0.717, 1.165) is 85.7 Å². The summed E-state index contributed by atoms with van der Waals surface area (Å²) in [4.78, 5) is 9.68. The first-order chi connectivity index (χ1) is 36.4. The molecule has 0 aliphatic carbocycles. The van der Waals surface area contributed by atoms with E-state index < -0.39 is 32.3 Å². The molecular weight excluding hydrogens is 1080 g/mol. The molecule has 2 aromatic heterocycles. The highest BCUT2D eigenvalue weighted by atomic mass is 79.9. The second-order valence-electron chi connectivity index (χ2n) is 20.5. The minimum absolute atomic E-state index is 0.220. The first kappa shape index (κ1) is 54.2. The van der Waals surface area contributed by atoms with Crippen LogP contribution < -0.4 is 9.47 Å². The van der Waals surface area contributed by atoms with E-state index in [9.17, 15) is 20.6 Å². The van der Waals surface area contributed by atoms with Crippen molar-refractivity contribution < 1.29 is 29.0 Å². The molecule has 0 unspecified atom stereocenters. The monoisotopic (exact) mass is 1140 g/mol. The van der Waals surface area contributed by atoms with Crippen LogP contribution in [-0.4, -0.2) is 85.0 Å². The summed E-state index contributed by atoms with van der Waals surface area (Å²) < 4.78 is 12.5. The molecule has 0 saturated carbocycles. The Kier molecular flexibility index (Phi) is 16.1. The Morgan fingerprint density at radius 2 is 0.816 bits per heavy atom. The molecule has 8 aromatic carbocycles. The zero-order chi connectivity index (χ0) is 53.8. The second-order valence-corrected chi connectivity index (χ2v) is 22.4. The van der Waals surface area contributed by atoms with Crippen LogP contribution in [0, 0.1) is 10.4 Å². The van der Waals surface area contributed by atoms with Gasteiger partial charge in [0.15, 0.2) is 0 Å². The summed E-state index contributed by atoms with van der Waals surface area (Å²) in [6.45, 7) is 0.440. The van der Waals surface area contributed by atoms with Gasteiger partial charge in [0, 0.05) is 55.5 Å². The maximum atomic E-state index is 13.0. The van der Waals surface area contributed by atoms with Crippen LogP contribution in [0.3, 0.4) is 0 Å². The van der Waals surface area contributed by atoms with Crippen LogP contribution in [-0.2, 0) is 11.2 Å². The van der Waals surface area contributed by atoms with E-state index in [1.165, 1.54) is 0 Å². The molecule has 2 N–H and O–H groups in total. The zero-order valence-electron chi connectivity index (χ0n) is 43.5. The number of halogens is 2. The van der Waals surface area contributed by atoms with Crippen LogP contribution >= 0.6 is 31.9 Å². The Bertz CT molecular complexity index is 3400. The molecule has 0 saturated heterocycles. The topological polar surface area (TPSA) is 131 Å². The maximum Gasteiger partial charge on any atom is 0.217 e. The lowest BCUT2D eigenvalue weighted by Crippen LogP contribution is -2.42. The van der Waals surface area contributed by atoms with Gasteiger partial charge in [-0.2, -0.15) is 0 Å². The summed E-state index contributed by atoms with van der Waals surface area (Å²) in [6, 6.07) is 63.8. The molecule has 4 atom stereocenters. The number of rotatable bonds is 16. The van der Waals surface area contributed by atoms with E-state index in [0.29, 0.717) is 11.8 Å². The molecule has 0 fully saturated rings. The molecule has 0 radical (unpaired) electrons. The van der Waals surface area contributed by atoms with Gasteiger partial charge in [0.25, 0.3) is 0 Å². The average molecular weight is 1140 g/mol. The molecule has 0 bridgehead atoms. The van der Waals surface area contributed by atoms with Crippen molar-refractivity contribution in [2.24, 2.45) is 0 Å². The van der Waals surface area contributed by atoms with Gasteiger partial charge in [0.1, 0.15) is 11.2 Å². The number of methoxy groups -OCH3 is 2. The van der Waals surface area contributed by atoms with Crippen LogP contribution in [0.2, 0.25) is 0 Å². The summed E-state index contributed by atoms with van der Waals surface area (Å²) in [5.41, 5.74) is 3.59. The van der Waals surface area contributed by atoms with Gasteiger partial charge in [-0.05, 0) is 92.3 Å². The first-order valence-corrected chi connectivity index (χ1v) is 26.9. The third-order valence-corrected chi connectivity index (χ3v) is 15.3. The first-order valence-electron chi connectivity index (χ1n) is 25.3. The normalized spacial score (nSPS) is 14.4. The molecular formula is C64H62Br2N4O6. The van der Waals surface area contributed by atoms with Crippen LogP contribution in [0.4, 0.5) is 0 Å². The van der Waals surface area contributed by atoms with Crippen molar-refractivity contribution in [2.45, 2.75) is 35.9 Å². The number of pyridine rings is 2. The van der Waals surface area contributed by atoms with Gasteiger partial charge >= 0.3 is 0 Å². The fourth-order valence-electron chi connectivity index (χ4n) is 10.7. The Hall–Kier alpha value is -6.58. The highest BCUT2D eigenvalue weighted by Gasteiger charge is 2.46. The lowest BCUT2D eigenvalue weighted by molar-refractivity contribution is -0.841. The fraction of sp³-hybridized carbons (Fsp3) is 0.219. The molecule has 76 heavy (non-hydrogen) atoms. The molecule has 10 rings (SSSR count). The molecule has 12 heteroatoms. The average Bonchev–Trinajstić information content (AvgIpc) is 3.43. The van der Waals surface area contributed by atoms with Gasteiger partial charge in [-0.3, -0.25) is 0 Å². The third kappa shape index (κ3) is 11.7. The van der Waals surface area contributed by atoms with Gasteiger partial charge < -0.3 is 39.4 Å². The van der Waals surface area contributed by atoms with Gasteiger partial charge in [-0.15, -0.1) is 0 Å². The van der Waals surface area contributed by atoms with E-state index in [1.54, 1.807) is 42.4 Å². The standard InChI is InChI=1S/2C32H31BrN2O3/c2*1-35(2,37)19-18-32(36,28-15-9-13-22-10-7-8-14-26(22)28)30(23-11-5-4-6-12-23)27-21-24-20-25(33)16-17-29(24)34-31(27)38-3/h2*4-17,20-21,30,36H,18-19H2,1-3H3/t2*30-,32-/m10/s1. The van der Waals surface area contributed by atoms with Crippen molar-refractivity contribution in [1.29, 1.82) is 0 Å². The Morgan fingerprint density at radius 3 is 1.18 bits per heavy atom. The van der Waals surface area contributed by atoms with Gasteiger partial charge in [0.2, 0.25) is 11.8 Å². The number of hydrogen-bond acceptors (Lipinski definition) is 8. The van der Waals surface area contributed by atoms with Crippen LogP contribution in [0.25, 0.3) is 43.4 Å². The number of benzene rings is 8. The number of ether oxygens (including phenoxy) is 2. The predicted molar refractivity (Wildman–Crippen MR) is 314 cm³/mol. The Labute approximate surface area is 461 Å². The number of fused-ring (bicyclic) bond motifs is 4. The van der Waals surface area contributed by atoms with Crippen molar-refractivity contribution in [3.8, 4) is 11.8 Å². The van der Waals surface area contributed by atoms with Crippen LogP contribution in [0.1, 0.15) is 58.1 Å². The van der Waals surface area contributed by atoms with Crippen molar-refractivity contribution in [3.05, 3.63) is 247 Å². The second kappa shape index (κ2) is 22.6. The Morgan fingerprint density at radius 1 is 0.461 bits per heavy atom. The van der Waals surface area contributed by atoms with E-state index in [2.05, 4.69) is 44.0 Å². The quantitative estimate of drug-likeness (QED) is 0.0722. The minimum Gasteiger partial charge on any atom is -0.633 e. The SMILES string of the molecule is COc1nc2ccc(Br)cc2cc1[C@@H](c1ccccc1)[C@@](O)(CC[N+](C)(C)[O-])c1cccc2ccccc12.COc1nc2ccc(Br)cc2cc1[C@H](c1ccccc1)[C@](O)(CC[N+](C)(C)[O-])c1cccc2ccccc12. The molecule has 0 spiro atoms.